The van der Waals surface area contributed by atoms with Crippen molar-refractivity contribution in [2.45, 2.75) is 0 Å². The molecule has 0 aliphatic rings. The summed E-state index contributed by atoms with van der Waals surface area (Å²) in [6.07, 6.45) is 0. The fourth-order valence-electron chi connectivity index (χ4n) is 0.780. The fraction of sp³-hybridized carbons (Fsp3) is 0. The van der Waals surface area contributed by atoms with Crippen molar-refractivity contribution in [3.63, 3.8) is 0 Å². The second kappa shape index (κ2) is 3.11. The molecular weight excluding hydrogens is 205 g/mol. The van der Waals surface area contributed by atoms with Crippen LogP contribution < -0.4 is 5.19 Å². The molecule has 0 saturated carbocycles. The van der Waals surface area contributed by atoms with Gasteiger partial charge in [-0.2, -0.15) is 0 Å². The van der Waals surface area contributed by atoms with Gasteiger partial charge in [-0.3, -0.25) is 0 Å². The van der Waals surface area contributed by atoms with Gasteiger partial charge in [-0.05, 0) is 6.07 Å². The SMILES string of the molecule is O[Si](O)(O)c1cc(F)c(F)cc1F. The first-order chi connectivity index (χ1) is 5.82. The van der Waals surface area contributed by atoms with Crippen LogP contribution in [0, 0.1) is 17.5 Å². The highest BCUT2D eigenvalue weighted by molar-refractivity contribution is 6.71. The number of rotatable bonds is 1. The quantitative estimate of drug-likeness (QED) is 0.421. The molecule has 0 spiro atoms. The van der Waals surface area contributed by atoms with Crippen LogP contribution >= 0.6 is 0 Å². The molecule has 0 atom stereocenters. The van der Waals surface area contributed by atoms with Gasteiger partial charge >= 0.3 is 8.80 Å². The van der Waals surface area contributed by atoms with Gasteiger partial charge in [0.15, 0.2) is 11.6 Å². The number of hydrogen-bond donors (Lipinski definition) is 3. The van der Waals surface area contributed by atoms with Crippen molar-refractivity contribution in [3.8, 4) is 0 Å². The topological polar surface area (TPSA) is 60.7 Å². The Kier molecular flexibility index (Phi) is 2.44. The van der Waals surface area contributed by atoms with Crippen LogP contribution in [0.4, 0.5) is 13.2 Å². The zero-order chi connectivity index (χ0) is 10.2. The van der Waals surface area contributed by atoms with Gasteiger partial charge in [0, 0.05) is 6.07 Å². The fourth-order valence-corrected chi connectivity index (χ4v) is 1.49. The molecule has 3 N–H and O–H groups in total. The average molecular weight is 210 g/mol. The minimum Gasteiger partial charge on any atom is -0.386 e. The summed E-state index contributed by atoms with van der Waals surface area (Å²) in [5.41, 5.74) is 0. The summed E-state index contributed by atoms with van der Waals surface area (Å²) in [7, 11) is -4.91. The van der Waals surface area contributed by atoms with E-state index in [0.717, 1.165) is 0 Å². The maximum atomic E-state index is 12.7. The maximum Gasteiger partial charge on any atom is 0.532 e. The van der Waals surface area contributed by atoms with Gasteiger partial charge < -0.3 is 14.4 Å². The Labute approximate surface area is 72.1 Å². The predicted octanol–water partition coefficient (Wildman–Crippen LogP) is -0.773. The van der Waals surface area contributed by atoms with E-state index < -0.39 is 31.4 Å². The molecule has 1 rings (SSSR count). The summed E-state index contributed by atoms with van der Waals surface area (Å²) in [4.78, 5) is 25.8. The van der Waals surface area contributed by atoms with Gasteiger partial charge in [-0.1, -0.05) is 0 Å². The smallest absolute Gasteiger partial charge is 0.386 e. The van der Waals surface area contributed by atoms with Crippen LogP contribution in [0.3, 0.4) is 0 Å². The largest absolute Gasteiger partial charge is 0.532 e. The predicted molar refractivity (Wildman–Crippen MR) is 38.4 cm³/mol. The van der Waals surface area contributed by atoms with Crippen molar-refractivity contribution in [2.24, 2.45) is 0 Å². The van der Waals surface area contributed by atoms with Crippen LogP contribution in [0.5, 0.6) is 0 Å². The van der Waals surface area contributed by atoms with Crippen LogP contribution in [0.1, 0.15) is 0 Å². The Morgan fingerprint density at radius 2 is 1.31 bits per heavy atom. The van der Waals surface area contributed by atoms with Gasteiger partial charge in [-0.15, -0.1) is 0 Å². The molecule has 0 unspecified atom stereocenters. The van der Waals surface area contributed by atoms with Gasteiger partial charge in [0.2, 0.25) is 0 Å². The summed E-state index contributed by atoms with van der Waals surface area (Å²) in [6.45, 7) is 0. The summed E-state index contributed by atoms with van der Waals surface area (Å²) in [6, 6.07) is 0.353. The van der Waals surface area contributed by atoms with Gasteiger partial charge in [0.05, 0.1) is 5.19 Å². The highest BCUT2D eigenvalue weighted by atomic mass is 28.4. The first kappa shape index (κ1) is 10.2. The molecule has 13 heavy (non-hydrogen) atoms. The van der Waals surface area contributed by atoms with Crippen molar-refractivity contribution < 1.29 is 27.6 Å². The first-order valence-corrected chi connectivity index (χ1v) is 4.98. The van der Waals surface area contributed by atoms with Gasteiger partial charge in [0.25, 0.3) is 0 Å². The Balaban J connectivity index is 3.32. The van der Waals surface area contributed by atoms with Gasteiger partial charge in [0.1, 0.15) is 5.82 Å². The van der Waals surface area contributed by atoms with E-state index in [-0.39, 0.29) is 12.1 Å². The molecule has 0 aliphatic carbocycles. The molecule has 0 heterocycles. The van der Waals surface area contributed by atoms with Crippen molar-refractivity contribution >= 4 is 14.0 Å². The second-order valence-electron chi connectivity index (χ2n) is 2.38. The van der Waals surface area contributed by atoms with Crippen LogP contribution in [0.25, 0.3) is 0 Å². The van der Waals surface area contributed by atoms with Crippen LogP contribution in [-0.2, 0) is 0 Å². The van der Waals surface area contributed by atoms with Gasteiger partial charge in [-0.25, -0.2) is 13.2 Å². The van der Waals surface area contributed by atoms with Crippen molar-refractivity contribution in [2.75, 3.05) is 0 Å². The third-order valence-electron chi connectivity index (χ3n) is 1.37. The molecular formula is C6H5F3O3Si. The molecule has 0 saturated heterocycles. The Hall–Kier alpha value is -0.893. The van der Waals surface area contributed by atoms with E-state index >= 15 is 0 Å². The highest BCUT2D eigenvalue weighted by Crippen LogP contribution is 2.07. The summed E-state index contributed by atoms with van der Waals surface area (Å²) >= 11 is 0. The molecule has 0 aromatic heterocycles. The Bertz CT molecular complexity index is 337. The first-order valence-electron chi connectivity index (χ1n) is 3.14. The van der Waals surface area contributed by atoms with Crippen LogP contribution in [0.2, 0.25) is 0 Å². The van der Waals surface area contributed by atoms with E-state index in [9.17, 15) is 13.2 Å². The monoisotopic (exact) mass is 210 g/mol. The molecule has 0 amide bonds. The molecule has 1 aromatic carbocycles. The summed E-state index contributed by atoms with van der Waals surface area (Å²) in [5, 5.41) is -1.01. The molecule has 0 radical (unpaired) electrons. The molecule has 3 nitrogen and oxygen atoms in total. The lowest BCUT2D eigenvalue weighted by Gasteiger charge is -2.10. The molecule has 0 fully saturated rings. The lowest BCUT2D eigenvalue weighted by atomic mass is 10.3. The molecule has 1 aromatic rings. The maximum absolute atomic E-state index is 12.7. The van der Waals surface area contributed by atoms with E-state index in [0.29, 0.717) is 0 Å². The van der Waals surface area contributed by atoms with E-state index in [1.165, 1.54) is 0 Å². The van der Waals surface area contributed by atoms with Crippen molar-refractivity contribution in [3.05, 3.63) is 29.6 Å². The third kappa shape index (κ3) is 2.07. The third-order valence-corrected chi connectivity index (χ3v) is 2.48. The minimum absolute atomic E-state index is 0.134. The molecule has 0 aliphatic heterocycles. The minimum atomic E-state index is -4.91. The molecule has 0 bridgehead atoms. The summed E-state index contributed by atoms with van der Waals surface area (Å²) < 4.78 is 37.4. The Morgan fingerprint density at radius 1 is 0.846 bits per heavy atom. The number of benzene rings is 1. The van der Waals surface area contributed by atoms with Crippen molar-refractivity contribution in [1.82, 2.24) is 0 Å². The molecule has 7 heteroatoms. The number of halogens is 3. The van der Waals surface area contributed by atoms with E-state index in [1.807, 2.05) is 0 Å². The Morgan fingerprint density at radius 3 is 1.77 bits per heavy atom. The van der Waals surface area contributed by atoms with Crippen LogP contribution in [0.15, 0.2) is 12.1 Å². The standard InChI is InChI=1S/C6H5F3O3Si/c7-3-1-5(9)6(2-4(3)8)13(10,11)12/h1-2,10-12H. The summed E-state index contributed by atoms with van der Waals surface area (Å²) in [5.74, 6) is -4.30. The second-order valence-corrected chi connectivity index (χ2v) is 4.19. The zero-order valence-corrected chi connectivity index (χ0v) is 7.13. The van der Waals surface area contributed by atoms with E-state index in [2.05, 4.69) is 0 Å². The average Bonchev–Trinajstić information content (AvgIpc) is 1.94. The number of hydrogen-bond acceptors (Lipinski definition) is 3. The normalized spacial score (nSPS) is 11.8. The van der Waals surface area contributed by atoms with Crippen LogP contribution in [-0.4, -0.2) is 23.2 Å². The highest BCUT2D eigenvalue weighted by Gasteiger charge is 2.35. The van der Waals surface area contributed by atoms with Crippen molar-refractivity contribution in [1.29, 1.82) is 0 Å². The zero-order valence-electron chi connectivity index (χ0n) is 6.13. The van der Waals surface area contributed by atoms with E-state index in [4.69, 9.17) is 14.4 Å². The lowest BCUT2D eigenvalue weighted by molar-refractivity contribution is 0.247. The van der Waals surface area contributed by atoms with E-state index in [1.54, 1.807) is 0 Å². The molecule has 72 valence electrons. The lowest BCUT2D eigenvalue weighted by Crippen LogP contribution is -2.50.